The fraction of sp³-hybridized carbons (Fsp3) is 0.188. The van der Waals surface area contributed by atoms with Gasteiger partial charge < -0.3 is 9.30 Å². The van der Waals surface area contributed by atoms with Crippen molar-refractivity contribution in [1.29, 1.82) is 0 Å². The molecule has 1 aromatic heterocycles. The summed E-state index contributed by atoms with van der Waals surface area (Å²) < 4.78 is 34.2. The number of ether oxygens (including phenoxy) is 1. The Kier molecular flexibility index (Phi) is 4.75. The summed E-state index contributed by atoms with van der Waals surface area (Å²) in [5, 5.41) is 0.251. The zero-order valence-corrected chi connectivity index (χ0v) is 14.5. The highest BCUT2D eigenvalue weighted by molar-refractivity contribution is 7.89. The molecule has 0 aliphatic heterocycles. The Morgan fingerprint density at radius 3 is 2.79 bits per heavy atom. The first-order valence-corrected chi connectivity index (χ1v) is 9.10. The van der Waals surface area contributed by atoms with Gasteiger partial charge in [0.1, 0.15) is 5.75 Å². The number of halogens is 1. The van der Waals surface area contributed by atoms with Crippen LogP contribution >= 0.6 is 11.6 Å². The number of fused-ring (bicyclic) bond motifs is 1. The zero-order chi connectivity index (χ0) is 17.2. The quantitative estimate of drug-likeness (QED) is 0.728. The van der Waals surface area contributed by atoms with Crippen LogP contribution in [-0.4, -0.2) is 31.6 Å². The van der Waals surface area contributed by atoms with E-state index in [0.29, 0.717) is 12.3 Å². The number of rotatable bonds is 6. The van der Waals surface area contributed by atoms with E-state index in [-0.39, 0.29) is 16.5 Å². The summed E-state index contributed by atoms with van der Waals surface area (Å²) in [5.74, 6) is 0.431. The van der Waals surface area contributed by atoms with Crippen LogP contribution in [0.2, 0.25) is 5.02 Å². The predicted octanol–water partition coefficient (Wildman–Crippen LogP) is 2.68. The van der Waals surface area contributed by atoms with E-state index in [0.717, 1.165) is 11.0 Å². The standard InChI is InChI=1S/C16H16ClN3O3S/c1-23-16-7-6-12(10-13(16)17)24(21,22)19-8-9-20-11-18-14-4-2-3-5-15(14)20/h2-7,10-11,19H,8-9H2,1H3. The van der Waals surface area contributed by atoms with Gasteiger partial charge in [-0.25, -0.2) is 18.1 Å². The topological polar surface area (TPSA) is 73.2 Å². The number of para-hydroxylation sites is 2. The molecule has 1 N–H and O–H groups in total. The molecule has 0 aliphatic rings. The SMILES string of the molecule is COc1ccc(S(=O)(=O)NCCn2cnc3ccccc32)cc1Cl. The summed E-state index contributed by atoms with van der Waals surface area (Å²) in [6, 6.07) is 12.0. The van der Waals surface area contributed by atoms with Gasteiger partial charge in [0.2, 0.25) is 10.0 Å². The third-order valence-electron chi connectivity index (χ3n) is 3.61. The molecule has 0 spiro atoms. The van der Waals surface area contributed by atoms with Gasteiger partial charge in [0.15, 0.2) is 0 Å². The van der Waals surface area contributed by atoms with Crippen LogP contribution in [0.4, 0.5) is 0 Å². The lowest BCUT2D eigenvalue weighted by Crippen LogP contribution is -2.27. The van der Waals surface area contributed by atoms with Gasteiger partial charge in [-0.15, -0.1) is 0 Å². The molecular formula is C16H16ClN3O3S. The molecule has 1 heterocycles. The Bertz CT molecular complexity index is 970. The number of nitrogens with one attached hydrogen (secondary N) is 1. The summed E-state index contributed by atoms with van der Waals surface area (Å²) in [4.78, 5) is 4.38. The van der Waals surface area contributed by atoms with Crippen LogP contribution in [0.1, 0.15) is 0 Å². The second-order valence-corrected chi connectivity index (χ2v) is 7.29. The second kappa shape index (κ2) is 6.80. The molecule has 0 atom stereocenters. The highest BCUT2D eigenvalue weighted by Crippen LogP contribution is 2.26. The highest BCUT2D eigenvalue weighted by Gasteiger charge is 2.15. The Morgan fingerprint density at radius 1 is 1.25 bits per heavy atom. The molecule has 0 amide bonds. The van der Waals surface area contributed by atoms with E-state index < -0.39 is 10.0 Å². The number of hydrogen-bond donors (Lipinski definition) is 1. The average molecular weight is 366 g/mol. The van der Waals surface area contributed by atoms with Gasteiger partial charge in [-0.05, 0) is 30.3 Å². The number of aromatic nitrogens is 2. The number of nitrogens with zero attached hydrogens (tertiary/aromatic N) is 2. The molecule has 3 aromatic rings. The lowest BCUT2D eigenvalue weighted by molar-refractivity contribution is 0.414. The molecule has 2 aromatic carbocycles. The van der Waals surface area contributed by atoms with E-state index in [1.54, 1.807) is 6.33 Å². The predicted molar refractivity (Wildman–Crippen MR) is 92.9 cm³/mol. The first kappa shape index (κ1) is 16.8. The van der Waals surface area contributed by atoms with Crippen LogP contribution in [0.5, 0.6) is 5.75 Å². The van der Waals surface area contributed by atoms with Gasteiger partial charge in [-0.3, -0.25) is 0 Å². The van der Waals surface area contributed by atoms with Crippen LogP contribution < -0.4 is 9.46 Å². The normalized spacial score (nSPS) is 11.8. The summed E-state index contributed by atoms with van der Waals surface area (Å²) in [7, 11) is -2.16. The van der Waals surface area contributed by atoms with Gasteiger partial charge >= 0.3 is 0 Å². The summed E-state index contributed by atoms with van der Waals surface area (Å²) in [6.45, 7) is 0.718. The number of imidazole rings is 1. The van der Waals surface area contributed by atoms with Crippen LogP contribution in [0.15, 0.2) is 53.7 Å². The van der Waals surface area contributed by atoms with Gasteiger partial charge in [0.25, 0.3) is 0 Å². The molecule has 6 nitrogen and oxygen atoms in total. The molecule has 0 bridgehead atoms. The van der Waals surface area contributed by atoms with Crippen LogP contribution in [0.25, 0.3) is 11.0 Å². The van der Waals surface area contributed by atoms with Crippen molar-refractivity contribution in [3.05, 3.63) is 53.8 Å². The van der Waals surface area contributed by atoms with Crippen molar-refractivity contribution < 1.29 is 13.2 Å². The maximum Gasteiger partial charge on any atom is 0.240 e. The van der Waals surface area contributed by atoms with Crippen molar-refractivity contribution in [3.8, 4) is 5.75 Å². The molecule has 0 radical (unpaired) electrons. The molecule has 8 heteroatoms. The van der Waals surface area contributed by atoms with E-state index in [2.05, 4.69) is 9.71 Å². The third kappa shape index (κ3) is 3.38. The molecule has 0 saturated heterocycles. The van der Waals surface area contributed by atoms with Gasteiger partial charge in [-0.1, -0.05) is 23.7 Å². The van der Waals surface area contributed by atoms with Crippen molar-refractivity contribution in [1.82, 2.24) is 14.3 Å². The zero-order valence-electron chi connectivity index (χ0n) is 12.9. The fourth-order valence-corrected chi connectivity index (χ4v) is 3.76. The van der Waals surface area contributed by atoms with Crippen molar-refractivity contribution >= 4 is 32.7 Å². The van der Waals surface area contributed by atoms with Crippen molar-refractivity contribution in [2.24, 2.45) is 0 Å². The fourth-order valence-electron chi connectivity index (χ4n) is 2.39. The molecule has 3 rings (SSSR count). The van der Waals surface area contributed by atoms with Crippen molar-refractivity contribution in [3.63, 3.8) is 0 Å². The number of hydrogen-bond acceptors (Lipinski definition) is 4. The Morgan fingerprint density at radius 2 is 2.04 bits per heavy atom. The number of benzene rings is 2. The van der Waals surface area contributed by atoms with Crippen LogP contribution in [-0.2, 0) is 16.6 Å². The van der Waals surface area contributed by atoms with Gasteiger partial charge in [0.05, 0.1) is 34.4 Å². The summed E-state index contributed by atoms with van der Waals surface area (Å²) >= 11 is 5.99. The van der Waals surface area contributed by atoms with Crippen molar-refractivity contribution in [2.45, 2.75) is 11.4 Å². The molecule has 0 saturated carbocycles. The monoisotopic (exact) mass is 365 g/mol. The molecule has 0 aliphatic carbocycles. The maximum atomic E-state index is 12.3. The lowest BCUT2D eigenvalue weighted by Gasteiger charge is -2.09. The number of sulfonamides is 1. The minimum atomic E-state index is -3.64. The Hall–Kier alpha value is -2.09. The van der Waals surface area contributed by atoms with Crippen molar-refractivity contribution in [2.75, 3.05) is 13.7 Å². The summed E-state index contributed by atoms with van der Waals surface area (Å²) in [6.07, 6.45) is 1.70. The first-order chi connectivity index (χ1) is 11.5. The third-order valence-corrected chi connectivity index (χ3v) is 5.36. The van der Waals surface area contributed by atoms with E-state index in [1.807, 2.05) is 28.8 Å². The van der Waals surface area contributed by atoms with E-state index in [1.165, 1.54) is 25.3 Å². The Balaban J connectivity index is 1.70. The molecule has 126 valence electrons. The van der Waals surface area contributed by atoms with Crippen LogP contribution in [0.3, 0.4) is 0 Å². The molecular weight excluding hydrogens is 350 g/mol. The van der Waals surface area contributed by atoms with Gasteiger partial charge in [0, 0.05) is 13.1 Å². The van der Waals surface area contributed by atoms with E-state index in [4.69, 9.17) is 16.3 Å². The number of methoxy groups -OCH3 is 1. The molecule has 0 fully saturated rings. The Labute approximate surface area is 145 Å². The maximum absolute atomic E-state index is 12.3. The first-order valence-electron chi connectivity index (χ1n) is 7.24. The smallest absolute Gasteiger partial charge is 0.240 e. The molecule has 0 unspecified atom stereocenters. The van der Waals surface area contributed by atoms with E-state index in [9.17, 15) is 8.42 Å². The van der Waals surface area contributed by atoms with E-state index >= 15 is 0 Å². The van der Waals surface area contributed by atoms with Crippen LogP contribution in [0, 0.1) is 0 Å². The minimum absolute atomic E-state index is 0.101. The lowest BCUT2D eigenvalue weighted by atomic mass is 10.3. The average Bonchev–Trinajstić information content (AvgIpc) is 2.98. The second-order valence-electron chi connectivity index (χ2n) is 5.12. The highest BCUT2D eigenvalue weighted by atomic mass is 35.5. The van der Waals surface area contributed by atoms with Gasteiger partial charge in [-0.2, -0.15) is 0 Å². The minimum Gasteiger partial charge on any atom is -0.495 e. The molecule has 24 heavy (non-hydrogen) atoms. The summed E-state index contributed by atoms with van der Waals surface area (Å²) in [5.41, 5.74) is 1.84. The largest absolute Gasteiger partial charge is 0.495 e.